The summed E-state index contributed by atoms with van der Waals surface area (Å²) in [4.78, 5) is 12.1. The first kappa shape index (κ1) is 11.1. The highest BCUT2D eigenvalue weighted by molar-refractivity contribution is 6.07. The molecule has 3 nitrogen and oxygen atoms in total. The lowest BCUT2D eigenvalue weighted by Gasteiger charge is -2.12. The minimum atomic E-state index is -0.619. The molecule has 0 radical (unpaired) electrons. The molecule has 0 aliphatic heterocycles. The van der Waals surface area contributed by atoms with Gasteiger partial charge in [0, 0.05) is 0 Å². The van der Waals surface area contributed by atoms with Crippen molar-refractivity contribution in [3.05, 3.63) is 29.8 Å². The molecular weight excluding hydrogens is 202 g/mol. The smallest absolute Gasteiger partial charge is 0.186 e. The van der Waals surface area contributed by atoms with Gasteiger partial charge in [-0.15, -0.1) is 0 Å². The van der Waals surface area contributed by atoms with Gasteiger partial charge in [-0.3, -0.25) is 4.79 Å². The topological polar surface area (TPSA) is 52.3 Å². The minimum absolute atomic E-state index is 0.0132. The number of carbonyl (C=O) groups excluding carboxylic acids is 1. The number of nitrogens with two attached hydrogens (primary N) is 1. The van der Waals surface area contributed by atoms with Gasteiger partial charge in [0.25, 0.3) is 0 Å². The second-order valence-corrected chi connectivity index (χ2v) is 4.33. The highest BCUT2D eigenvalue weighted by Crippen LogP contribution is 2.37. The van der Waals surface area contributed by atoms with E-state index in [1.165, 1.54) is 0 Å². The average molecular weight is 219 g/mol. The molecule has 2 rings (SSSR count). The Kier molecular flexibility index (Phi) is 2.97. The maximum absolute atomic E-state index is 12.1. The van der Waals surface area contributed by atoms with Gasteiger partial charge in [0.2, 0.25) is 0 Å². The van der Waals surface area contributed by atoms with E-state index in [2.05, 4.69) is 0 Å². The third-order valence-corrected chi connectivity index (χ3v) is 2.83. The van der Waals surface area contributed by atoms with Gasteiger partial charge >= 0.3 is 0 Å². The normalized spacial score (nSPS) is 16.9. The molecule has 1 aliphatic rings. The number of rotatable bonds is 5. The quantitative estimate of drug-likeness (QED) is 0.772. The molecular formula is C13H17NO2. The summed E-state index contributed by atoms with van der Waals surface area (Å²) in [7, 11) is 0. The van der Waals surface area contributed by atoms with Crippen LogP contribution < -0.4 is 10.5 Å². The Balaban J connectivity index is 2.22. The molecule has 0 saturated heterocycles. The number of ketones is 1. The highest BCUT2D eigenvalue weighted by atomic mass is 16.5. The lowest BCUT2D eigenvalue weighted by atomic mass is 10.0. The van der Waals surface area contributed by atoms with Crippen molar-refractivity contribution in [1.29, 1.82) is 0 Å². The third kappa shape index (κ3) is 2.09. The van der Waals surface area contributed by atoms with Crippen molar-refractivity contribution in [2.45, 2.75) is 31.7 Å². The molecule has 0 aromatic heterocycles. The van der Waals surface area contributed by atoms with E-state index in [0.717, 1.165) is 19.3 Å². The lowest BCUT2D eigenvalue weighted by Crippen LogP contribution is -2.33. The van der Waals surface area contributed by atoms with E-state index < -0.39 is 5.54 Å². The molecule has 0 spiro atoms. The van der Waals surface area contributed by atoms with Gasteiger partial charge in [0.1, 0.15) is 5.75 Å². The summed E-state index contributed by atoms with van der Waals surface area (Å²) in [6.45, 7) is 2.66. The summed E-state index contributed by atoms with van der Waals surface area (Å²) >= 11 is 0. The molecule has 1 saturated carbocycles. The molecule has 2 N–H and O–H groups in total. The summed E-state index contributed by atoms with van der Waals surface area (Å²) < 4.78 is 5.55. The van der Waals surface area contributed by atoms with E-state index in [0.29, 0.717) is 17.9 Å². The maximum Gasteiger partial charge on any atom is 0.186 e. The number of para-hydroxylation sites is 1. The molecule has 1 fully saturated rings. The summed E-state index contributed by atoms with van der Waals surface area (Å²) in [6.07, 6.45) is 2.50. The van der Waals surface area contributed by atoms with E-state index in [4.69, 9.17) is 10.5 Å². The maximum atomic E-state index is 12.1. The van der Waals surface area contributed by atoms with Crippen LogP contribution in [0.2, 0.25) is 0 Å². The molecule has 1 aromatic carbocycles. The van der Waals surface area contributed by atoms with Gasteiger partial charge in [-0.25, -0.2) is 0 Å². The zero-order chi connectivity index (χ0) is 11.6. The van der Waals surface area contributed by atoms with Crippen LogP contribution in [0.3, 0.4) is 0 Å². The second kappa shape index (κ2) is 4.26. The number of carbonyl (C=O) groups is 1. The fourth-order valence-electron chi connectivity index (χ4n) is 1.62. The minimum Gasteiger partial charge on any atom is -0.493 e. The molecule has 0 bridgehead atoms. The standard InChI is InChI=1S/C13H17NO2/c1-2-9-16-11-6-4-3-5-10(11)12(15)13(14)7-8-13/h3-6H,2,7-9,14H2,1H3. The monoisotopic (exact) mass is 219 g/mol. The number of hydrogen-bond acceptors (Lipinski definition) is 3. The van der Waals surface area contributed by atoms with Crippen molar-refractivity contribution in [1.82, 2.24) is 0 Å². The molecule has 0 unspecified atom stereocenters. The summed E-state index contributed by atoms with van der Waals surface area (Å²) in [5.74, 6) is 0.672. The molecule has 1 aromatic rings. The fraction of sp³-hybridized carbons (Fsp3) is 0.462. The Bertz CT molecular complexity index is 397. The largest absolute Gasteiger partial charge is 0.493 e. The fourth-order valence-corrected chi connectivity index (χ4v) is 1.62. The highest BCUT2D eigenvalue weighted by Gasteiger charge is 2.46. The SMILES string of the molecule is CCCOc1ccccc1C(=O)C1(N)CC1. The van der Waals surface area contributed by atoms with Gasteiger partial charge in [-0.05, 0) is 31.4 Å². The van der Waals surface area contributed by atoms with Crippen LogP contribution in [0.1, 0.15) is 36.5 Å². The zero-order valence-corrected chi connectivity index (χ0v) is 9.53. The van der Waals surface area contributed by atoms with Crippen molar-refractivity contribution in [3.8, 4) is 5.75 Å². The second-order valence-electron chi connectivity index (χ2n) is 4.33. The predicted octanol–water partition coefficient (Wildman–Crippen LogP) is 2.15. The van der Waals surface area contributed by atoms with Crippen LogP contribution in [0, 0.1) is 0 Å². The molecule has 0 atom stereocenters. The average Bonchev–Trinajstić information content (AvgIpc) is 3.05. The van der Waals surface area contributed by atoms with Crippen LogP contribution in [-0.2, 0) is 0 Å². The van der Waals surface area contributed by atoms with Crippen molar-refractivity contribution in [2.24, 2.45) is 5.73 Å². The summed E-state index contributed by atoms with van der Waals surface area (Å²) in [6, 6.07) is 7.34. The van der Waals surface area contributed by atoms with Gasteiger partial charge in [-0.2, -0.15) is 0 Å². The van der Waals surface area contributed by atoms with Crippen LogP contribution in [0.5, 0.6) is 5.75 Å². The predicted molar refractivity (Wildman–Crippen MR) is 62.7 cm³/mol. The van der Waals surface area contributed by atoms with Crippen molar-refractivity contribution >= 4 is 5.78 Å². The van der Waals surface area contributed by atoms with Gasteiger partial charge in [-0.1, -0.05) is 19.1 Å². The van der Waals surface area contributed by atoms with E-state index in [1.807, 2.05) is 25.1 Å². The summed E-state index contributed by atoms with van der Waals surface area (Å²) in [5, 5.41) is 0. The van der Waals surface area contributed by atoms with Gasteiger partial charge in [0.05, 0.1) is 17.7 Å². The first-order valence-electron chi connectivity index (χ1n) is 5.73. The van der Waals surface area contributed by atoms with Crippen LogP contribution in [0.25, 0.3) is 0 Å². The van der Waals surface area contributed by atoms with E-state index in [-0.39, 0.29) is 5.78 Å². The Morgan fingerprint density at radius 1 is 1.44 bits per heavy atom. The Morgan fingerprint density at radius 2 is 2.12 bits per heavy atom. The lowest BCUT2D eigenvalue weighted by molar-refractivity contribution is 0.0945. The van der Waals surface area contributed by atoms with Gasteiger partial charge in [0.15, 0.2) is 5.78 Å². The van der Waals surface area contributed by atoms with E-state index >= 15 is 0 Å². The summed E-state index contributed by atoms with van der Waals surface area (Å²) in [5.41, 5.74) is 5.92. The van der Waals surface area contributed by atoms with Crippen molar-refractivity contribution in [2.75, 3.05) is 6.61 Å². The number of benzene rings is 1. The Morgan fingerprint density at radius 3 is 2.75 bits per heavy atom. The van der Waals surface area contributed by atoms with Crippen LogP contribution in [0.15, 0.2) is 24.3 Å². The van der Waals surface area contributed by atoms with Crippen molar-refractivity contribution < 1.29 is 9.53 Å². The number of hydrogen-bond donors (Lipinski definition) is 1. The third-order valence-electron chi connectivity index (χ3n) is 2.83. The van der Waals surface area contributed by atoms with E-state index in [9.17, 15) is 4.79 Å². The van der Waals surface area contributed by atoms with E-state index in [1.54, 1.807) is 6.07 Å². The molecule has 1 aliphatic carbocycles. The molecule has 3 heteroatoms. The van der Waals surface area contributed by atoms with Crippen LogP contribution in [0.4, 0.5) is 0 Å². The zero-order valence-electron chi connectivity index (χ0n) is 9.53. The Labute approximate surface area is 95.6 Å². The van der Waals surface area contributed by atoms with Crippen molar-refractivity contribution in [3.63, 3.8) is 0 Å². The first-order chi connectivity index (χ1) is 7.67. The number of ether oxygens (including phenoxy) is 1. The molecule has 86 valence electrons. The molecule has 16 heavy (non-hydrogen) atoms. The Hall–Kier alpha value is -1.35. The molecule has 0 heterocycles. The van der Waals surface area contributed by atoms with Crippen LogP contribution >= 0.6 is 0 Å². The van der Waals surface area contributed by atoms with Gasteiger partial charge < -0.3 is 10.5 Å². The number of Topliss-reactive ketones (excluding diaryl/α,β-unsaturated/α-hetero) is 1. The van der Waals surface area contributed by atoms with Crippen LogP contribution in [-0.4, -0.2) is 17.9 Å². The molecule has 0 amide bonds. The first-order valence-corrected chi connectivity index (χ1v) is 5.73.